The molecule has 1 aromatic heterocycles. The van der Waals surface area contributed by atoms with Gasteiger partial charge in [0, 0.05) is 31.9 Å². The summed E-state index contributed by atoms with van der Waals surface area (Å²) in [7, 11) is 1.68. The van der Waals surface area contributed by atoms with Gasteiger partial charge in [-0.3, -0.25) is 9.59 Å². The molecule has 1 saturated heterocycles. The van der Waals surface area contributed by atoms with Crippen LogP contribution in [0, 0.1) is 12.8 Å². The van der Waals surface area contributed by atoms with Gasteiger partial charge in [-0.1, -0.05) is 0 Å². The molecule has 2 fully saturated rings. The average Bonchev–Trinajstić information content (AvgIpc) is 3.28. The van der Waals surface area contributed by atoms with E-state index < -0.39 is 0 Å². The van der Waals surface area contributed by atoms with Crippen molar-refractivity contribution in [3.63, 3.8) is 0 Å². The van der Waals surface area contributed by atoms with Gasteiger partial charge < -0.3 is 14.2 Å². The number of carbonyl (C=O) groups is 1. The van der Waals surface area contributed by atoms with Crippen molar-refractivity contribution < 1.29 is 9.53 Å². The number of aromatic nitrogens is 1. The molecular formula is C15H20N2O3. The van der Waals surface area contributed by atoms with Gasteiger partial charge >= 0.3 is 0 Å². The Kier molecular flexibility index (Phi) is 3.38. The molecule has 5 heteroatoms. The van der Waals surface area contributed by atoms with Crippen molar-refractivity contribution in [1.29, 1.82) is 0 Å². The zero-order valence-electron chi connectivity index (χ0n) is 12.0. The van der Waals surface area contributed by atoms with Crippen LogP contribution in [-0.2, 0) is 11.8 Å². The second-order valence-electron chi connectivity index (χ2n) is 5.83. The number of pyridine rings is 1. The molecule has 3 rings (SSSR count). The van der Waals surface area contributed by atoms with Crippen LogP contribution in [0.15, 0.2) is 17.1 Å². The molecule has 1 amide bonds. The van der Waals surface area contributed by atoms with Crippen LogP contribution in [0.25, 0.3) is 0 Å². The summed E-state index contributed by atoms with van der Waals surface area (Å²) < 4.78 is 7.21. The van der Waals surface area contributed by atoms with Crippen LogP contribution in [0.4, 0.5) is 0 Å². The molecule has 0 spiro atoms. The van der Waals surface area contributed by atoms with E-state index in [0.717, 1.165) is 0 Å². The first-order valence-electron chi connectivity index (χ1n) is 7.14. The number of hydrogen-bond donors (Lipinski definition) is 0. The Morgan fingerprint density at radius 3 is 2.80 bits per heavy atom. The van der Waals surface area contributed by atoms with E-state index in [2.05, 4.69) is 0 Å². The van der Waals surface area contributed by atoms with Crippen molar-refractivity contribution in [2.24, 2.45) is 13.0 Å². The van der Waals surface area contributed by atoms with Crippen molar-refractivity contribution in [2.45, 2.75) is 25.9 Å². The molecule has 1 aromatic rings. The summed E-state index contributed by atoms with van der Waals surface area (Å²) in [6.07, 6.45) is 4.25. The number of morpholine rings is 1. The molecule has 108 valence electrons. The van der Waals surface area contributed by atoms with Crippen LogP contribution in [0.1, 0.15) is 28.8 Å². The van der Waals surface area contributed by atoms with Crippen molar-refractivity contribution in [2.75, 3.05) is 19.7 Å². The van der Waals surface area contributed by atoms with E-state index in [0.29, 0.717) is 36.7 Å². The molecule has 2 heterocycles. The molecule has 20 heavy (non-hydrogen) atoms. The van der Waals surface area contributed by atoms with Crippen molar-refractivity contribution in [3.8, 4) is 0 Å². The maximum absolute atomic E-state index is 12.6. The lowest BCUT2D eigenvalue weighted by Crippen LogP contribution is -2.46. The van der Waals surface area contributed by atoms with Gasteiger partial charge in [-0.15, -0.1) is 0 Å². The number of hydrogen-bond acceptors (Lipinski definition) is 3. The second-order valence-corrected chi connectivity index (χ2v) is 5.83. The van der Waals surface area contributed by atoms with E-state index in [1.165, 1.54) is 17.4 Å². The molecule has 1 aliphatic heterocycles. The van der Waals surface area contributed by atoms with E-state index in [4.69, 9.17) is 4.74 Å². The fraction of sp³-hybridized carbons (Fsp3) is 0.600. The highest BCUT2D eigenvalue weighted by molar-refractivity contribution is 5.94. The zero-order chi connectivity index (χ0) is 14.3. The first-order valence-corrected chi connectivity index (χ1v) is 7.14. The maximum Gasteiger partial charge on any atom is 0.255 e. The van der Waals surface area contributed by atoms with Gasteiger partial charge in [0.1, 0.15) is 0 Å². The van der Waals surface area contributed by atoms with Crippen molar-refractivity contribution in [1.82, 2.24) is 9.47 Å². The predicted molar refractivity (Wildman–Crippen MR) is 74.8 cm³/mol. The minimum Gasteiger partial charge on any atom is -0.374 e. The molecule has 1 aliphatic carbocycles. The predicted octanol–water partition coefficient (Wildman–Crippen LogP) is 0.945. The Morgan fingerprint density at radius 1 is 1.40 bits per heavy atom. The standard InChI is InChI=1S/C15H20N2O3/c1-10-7-12(8-16(2)14(10)18)15(19)17-5-6-20-13(9-17)11-3-4-11/h7-8,11,13H,3-6,9H2,1-2H3. The zero-order valence-corrected chi connectivity index (χ0v) is 12.0. The third-order valence-electron chi connectivity index (χ3n) is 4.14. The number of carbonyl (C=O) groups excluding carboxylic acids is 1. The minimum absolute atomic E-state index is 0.00218. The highest BCUT2D eigenvalue weighted by Crippen LogP contribution is 2.35. The van der Waals surface area contributed by atoms with Crippen molar-refractivity contribution in [3.05, 3.63) is 33.7 Å². The molecule has 0 N–H and O–H groups in total. The summed E-state index contributed by atoms with van der Waals surface area (Å²) in [6, 6.07) is 1.69. The van der Waals surface area contributed by atoms with Gasteiger partial charge in [0.15, 0.2) is 0 Å². The molecular weight excluding hydrogens is 256 g/mol. The lowest BCUT2D eigenvalue weighted by Gasteiger charge is -2.33. The van der Waals surface area contributed by atoms with Crippen LogP contribution >= 0.6 is 0 Å². The number of ether oxygens (including phenoxy) is 1. The summed E-state index contributed by atoms with van der Waals surface area (Å²) in [5, 5.41) is 0. The Labute approximate surface area is 118 Å². The van der Waals surface area contributed by atoms with Crippen LogP contribution in [0.5, 0.6) is 0 Å². The summed E-state index contributed by atoms with van der Waals surface area (Å²) >= 11 is 0. The van der Waals surface area contributed by atoms with E-state index in [1.54, 1.807) is 26.2 Å². The fourth-order valence-electron chi connectivity index (χ4n) is 2.79. The topological polar surface area (TPSA) is 51.5 Å². The average molecular weight is 276 g/mol. The summed E-state index contributed by atoms with van der Waals surface area (Å²) in [4.78, 5) is 26.1. The van der Waals surface area contributed by atoms with Crippen LogP contribution in [0.2, 0.25) is 0 Å². The Morgan fingerprint density at radius 2 is 2.15 bits per heavy atom. The Balaban J connectivity index is 1.79. The molecule has 5 nitrogen and oxygen atoms in total. The smallest absolute Gasteiger partial charge is 0.255 e. The van der Waals surface area contributed by atoms with Gasteiger partial charge in [-0.05, 0) is 31.7 Å². The van der Waals surface area contributed by atoms with Gasteiger partial charge in [-0.2, -0.15) is 0 Å². The fourth-order valence-corrected chi connectivity index (χ4v) is 2.79. The van der Waals surface area contributed by atoms with Gasteiger partial charge in [-0.25, -0.2) is 0 Å². The molecule has 0 aromatic carbocycles. The highest BCUT2D eigenvalue weighted by atomic mass is 16.5. The normalized spacial score (nSPS) is 22.9. The molecule has 1 saturated carbocycles. The first kappa shape index (κ1) is 13.4. The summed E-state index contributed by atoms with van der Waals surface area (Å²) in [6.45, 7) is 3.65. The van der Waals surface area contributed by atoms with Crippen LogP contribution in [0.3, 0.4) is 0 Å². The summed E-state index contributed by atoms with van der Waals surface area (Å²) in [5.74, 6) is 0.630. The molecule has 2 aliphatic rings. The molecule has 0 radical (unpaired) electrons. The number of nitrogens with zero attached hydrogens (tertiary/aromatic N) is 2. The maximum atomic E-state index is 12.6. The van der Waals surface area contributed by atoms with E-state index in [-0.39, 0.29) is 17.6 Å². The van der Waals surface area contributed by atoms with Gasteiger partial charge in [0.25, 0.3) is 11.5 Å². The van der Waals surface area contributed by atoms with E-state index in [9.17, 15) is 9.59 Å². The SMILES string of the molecule is Cc1cc(C(=O)N2CCOC(C3CC3)C2)cn(C)c1=O. The van der Waals surface area contributed by atoms with Crippen molar-refractivity contribution >= 4 is 5.91 Å². The van der Waals surface area contributed by atoms with Gasteiger partial charge in [0.2, 0.25) is 0 Å². The van der Waals surface area contributed by atoms with E-state index >= 15 is 0 Å². The lowest BCUT2D eigenvalue weighted by atomic mass is 10.1. The number of rotatable bonds is 2. The quantitative estimate of drug-likeness (QED) is 0.808. The first-order chi connectivity index (χ1) is 9.56. The third kappa shape index (κ3) is 2.50. The summed E-state index contributed by atoms with van der Waals surface area (Å²) in [5.41, 5.74) is 1.13. The number of amides is 1. The molecule has 1 unspecified atom stereocenters. The molecule has 0 bridgehead atoms. The lowest BCUT2D eigenvalue weighted by molar-refractivity contribution is -0.0314. The Bertz CT molecular complexity index is 563. The van der Waals surface area contributed by atoms with Crippen LogP contribution < -0.4 is 5.56 Å². The minimum atomic E-state index is -0.0561. The highest BCUT2D eigenvalue weighted by Gasteiger charge is 2.36. The number of aryl methyl sites for hydroxylation is 2. The van der Waals surface area contributed by atoms with E-state index in [1.807, 2.05) is 4.90 Å². The Hall–Kier alpha value is -1.62. The van der Waals surface area contributed by atoms with Crippen LogP contribution in [-0.4, -0.2) is 41.2 Å². The monoisotopic (exact) mass is 276 g/mol. The largest absolute Gasteiger partial charge is 0.374 e. The van der Waals surface area contributed by atoms with Gasteiger partial charge in [0.05, 0.1) is 18.3 Å². The molecule has 1 atom stereocenters. The third-order valence-corrected chi connectivity index (χ3v) is 4.14. The second kappa shape index (κ2) is 5.05.